The average Bonchev–Trinajstić information content (AvgIpc) is 2.90. The van der Waals surface area contributed by atoms with Crippen LogP contribution < -0.4 is 11.1 Å². The van der Waals surface area contributed by atoms with Crippen LogP contribution in [0.3, 0.4) is 0 Å². The molecule has 3 N–H and O–H groups in total. The summed E-state index contributed by atoms with van der Waals surface area (Å²) in [6.45, 7) is 2.25. The van der Waals surface area contributed by atoms with E-state index in [1.807, 2.05) is 0 Å². The van der Waals surface area contributed by atoms with E-state index in [4.69, 9.17) is 5.73 Å². The lowest BCUT2D eigenvalue weighted by Gasteiger charge is -2.23. The summed E-state index contributed by atoms with van der Waals surface area (Å²) in [5, 5.41) is 12.0. The quantitative estimate of drug-likeness (QED) is 0.750. The second-order valence-electron chi connectivity index (χ2n) is 4.92. The fourth-order valence-corrected chi connectivity index (χ4v) is 2.80. The minimum atomic E-state index is 0.100. The van der Waals surface area contributed by atoms with Gasteiger partial charge in [0.25, 0.3) is 0 Å². The Hall–Kier alpha value is -0.940. The first-order chi connectivity index (χ1) is 7.84. The molecule has 0 bridgehead atoms. The normalized spacial score (nSPS) is 29.3. The fourth-order valence-electron chi connectivity index (χ4n) is 2.80. The number of fused-ring (bicyclic) bond motifs is 1. The molecular formula is C11H19N5. The molecule has 0 spiro atoms. The summed E-state index contributed by atoms with van der Waals surface area (Å²) in [4.78, 5) is 0. The lowest BCUT2D eigenvalue weighted by Crippen LogP contribution is -2.27. The first-order valence-corrected chi connectivity index (χ1v) is 6.23. The Morgan fingerprint density at radius 3 is 3.12 bits per heavy atom. The zero-order valence-electron chi connectivity index (χ0n) is 9.52. The molecule has 88 valence electrons. The van der Waals surface area contributed by atoms with Crippen LogP contribution in [0.4, 0.5) is 0 Å². The second kappa shape index (κ2) is 4.14. The van der Waals surface area contributed by atoms with Gasteiger partial charge < -0.3 is 11.1 Å². The van der Waals surface area contributed by atoms with Crippen molar-refractivity contribution >= 4 is 0 Å². The van der Waals surface area contributed by atoms with Gasteiger partial charge in [-0.1, -0.05) is 0 Å². The number of nitrogens with one attached hydrogen (secondary N) is 1. The Morgan fingerprint density at radius 1 is 1.38 bits per heavy atom. The highest BCUT2D eigenvalue weighted by molar-refractivity contribution is 5.03. The van der Waals surface area contributed by atoms with Gasteiger partial charge in [0.1, 0.15) is 11.6 Å². The average molecular weight is 221 g/mol. The van der Waals surface area contributed by atoms with Crippen LogP contribution in [0.5, 0.6) is 0 Å². The maximum atomic E-state index is 6.13. The fraction of sp³-hybridized carbons (Fsp3) is 0.818. The summed E-state index contributed by atoms with van der Waals surface area (Å²) < 4.78 is 2.17. The molecule has 1 fully saturated rings. The van der Waals surface area contributed by atoms with Gasteiger partial charge in [-0.05, 0) is 38.3 Å². The number of nitrogens with zero attached hydrogens (tertiary/aromatic N) is 3. The van der Waals surface area contributed by atoms with Crippen molar-refractivity contribution in [3.63, 3.8) is 0 Å². The summed E-state index contributed by atoms with van der Waals surface area (Å²) in [5.74, 6) is 2.89. The van der Waals surface area contributed by atoms with E-state index < -0.39 is 0 Å². The summed E-state index contributed by atoms with van der Waals surface area (Å²) in [6.07, 6.45) is 5.60. The first-order valence-electron chi connectivity index (χ1n) is 6.23. The highest BCUT2D eigenvalue weighted by atomic mass is 15.3. The topological polar surface area (TPSA) is 68.8 Å². The van der Waals surface area contributed by atoms with Gasteiger partial charge >= 0.3 is 0 Å². The summed E-state index contributed by atoms with van der Waals surface area (Å²) >= 11 is 0. The van der Waals surface area contributed by atoms with E-state index in [9.17, 15) is 0 Å². The van der Waals surface area contributed by atoms with Gasteiger partial charge in [-0.15, -0.1) is 10.2 Å². The van der Waals surface area contributed by atoms with Crippen molar-refractivity contribution in [1.29, 1.82) is 0 Å². The molecule has 3 rings (SSSR count). The minimum absolute atomic E-state index is 0.100. The molecule has 0 saturated carbocycles. The number of aryl methyl sites for hydroxylation is 1. The molecule has 1 aromatic heterocycles. The van der Waals surface area contributed by atoms with Crippen molar-refractivity contribution in [2.45, 2.75) is 38.3 Å². The molecule has 2 aliphatic rings. The zero-order chi connectivity index (χ0) is 11.0. The Kier molecular flexibility index (Phi) is 2.65. The lowest BCUT2D eigenvalue weighted by molar-refractivity contribution is 0.388. The van der Waals surface area contributed by atoms with Crippen LogP contribution in [0.15, 0.2) is 0 Å². The molecule has 16 heavy (non-hydrogen) atoms. The Labute approximate surface area is 95.4 Å². The number of nitrogens with two attached hydrogens (primary N) is 1. The van der Waals surface area contributed by atoms with Gasteiger partial charge in [-0.3, -0.25) is 4.57 Å². The monoisotopic (exact) mass is 221 g/mol. The predicted octanol–water partition coefficient (Wildman–Crippen LogP) is 0.224. The highest BCUT2D eigenvalue weighted by Gasteiger charge is 2.24. The van der Waals surface area contributed by atoms with E-state index in [1.54, 1.807) is 0 Å². The SMILES string of the molecule is NC1CCCc2nnc(CC3CCNC3)n21. The van der Waals surface area contributed by atoms with Gasteiger partial charge in [0, 0.05) is 12.8 Å². The Balaban J connectivity index is 1.81. The van der Waals surface area contributed by atoms with Crippen molar-refractivity contribution in [2.24, 2.45) is 11.7 Å². The van der Waals surface area contributed by atoms with E-state index in [1.165, 1.54) is 6.42 Å². The van der Waals surface area contributed by atoms with Crippen LogP contribution in [0, 0.1) is 5.92 Å². The van der Waals surface area contributed by atoms with Crippen LogP contribution in [0.2, 0.25) is 0 Å². The Bertz CT molecular complexity index is 366. The van der Waals surface area contributed by atoms with E-state index in [0.717, 1.165) is 50.4 Å². The van der Waals surface area contributed by atoms with Crippen molar-refractivity contribution in [1.82, 2.24) is 20.1 Å². The molecule has 0 radical (unpaired) electrons. The molecule has 1 saturated heterocycles. The molecular weight excluding hydrogens is 202 g/mol. The summed E-state index contributed by atoms with van der Waals surface area (Å²) in [7, 11) is 0. The van der Waals surface area contributed by atoms with Gasteiger partial charge in [0.15, 0.2) is 0 Å². The molecule has 0 aromatic carbocycles. The largest absolute Gasteiger partial charge is 0.316 e. The van der Waals surface area contributed by atoms with E-state index in [0.29, 0.717) is 5.92 Å². The van der Waals surface area contributed by atoms with Gasteiger partial charge in [0.2, 0.25) is 0 Å². The third kappa shape index (κ3) is 1.74. The second-order valence-corrected chi connectivity index (χ2v) is 4.92. The van der Waals surface area contributed by atoms with Crippen molar-refractivity contribution in [2.75, 3.05) is 13.1 Å². The zero-order valence-corrected chi connectivity index (χ0v) is 9.52. The number of rotatable bonds is 2. The van der Waals surface area contributed by atoms with Crippen LogP contribution in [0.25, 0.3) is 0 Å². The highest BCUT2D eigenvalue weighted by Crippen LogP contribution is 2.23. The van der Waals surface area contributed by atoms with Crippen molar-refractivity contribution < 1.29 is 0 Å². The first kappa shape index (κ1) is 10.2. The third-order valence-electron chi connectivity index (χ3n) is 3.70. The molecule has 3 heterocycles. The molecule has 0 aliphatic carbocycles. The molecule has 1 aromatic rings. The third-order valence-corrected chi connectivity index (χ3v) is 3.70. The number of hydrogen-bond acceptors (Lipinski definition) is 4. The van der Waals surface area contributed by atoms with Crippen LogP contribution >= 0.6 is 0 Å². The molecule has 0 amide bonds. The van der Waals surface area contributed by atoms with Crippen LogP contribution in [0.1, 0.15) is 37.1 Å². The molecule has 2 atom stereocenters. The van der Waals surface area contributed by atoms with Crippen LogP contribution in [-0.4, -0.2) is 27.9 Å². The van der Waals surface area contributed by atoms with E-state index in [-0.39, 0.29) is 6.17 Å². The maximum absolute atomic E-state index is 6.13. The number of aromatic nitrogens is 3. The van der Waals surface area contributed by atoms with E-state index >= 15 is 0 Å². The molecule has 2 unspecified atom stereocenters. The molecule has 5 nitrogen and oxygen atoms in total. The van der Waals surface area contributed by atoms with E-state index in [2.05, 4.69) is 20.1 Å². The van der Waals surface area contributed by atoms with Crippen LogP contribution in [-0.2, 0) is 12.8 Å². The Morgan fingerprint density at radius 2 is 2.31 bits per heavy atom. The van der Waals surface area contributed by atoms with Gasteiger partial charge in [0.05, 0.1) is 6.17 Å². The van der Waals surface area contributed by atoms with Crippen molar-refractivity contribution in [3.05, 3.63) is 11.6 Å². The summed E-state index contributed by atoms with van der Waals surface area (Å²) in [5.41, 5.74) is 6.13. The molecule has 5 heteroatoms. The smallest absolute Gasteiger partial charge is 0.134 e. The molecule has 2 aliphatic heterocycles. The predicted molar refractivity (Wildman–Crippen MR) is 60.9 cm³/mol. The number of hydrogen-bond donors (Lipinski definition) is 2. The standard InChI is InChI=1S/C11H19N5/c12-9-2-1-3-10-14-15-11(16(9)10)6-8-4-5-13-7-8/h8-9,13H,1-7,12H2. The minimum Gasteiger partial charge on any atom is -0.316 e. The maximum Gasteiger partial charge on any atom is 0.134 e. The summed E-state index contributed by atoms with van der Waals surface area (Å²) in [6, 6.07) is 0. The lowest BCUT2D eigenvalue weighted by atomic mass is 10.0. The van der Waals surface area contributed by atoms with Gasteiger partial charge in [-0.2, -0.15) is 0 Å². The van der Waals surface area contributed by atoms with Gasteiger partial charge in [-0.25, -0.2) is 0 Å². The van der Waals surface area contributed by atoms with Crippen molar-refractivity contribution in [3.8, 4) is 0 Å².